The first-order valence-corrected chi connectivity index (χ1v) is 8.21. The highest BCUT2D eigenvalue weighted by Gasteiger charge is 2.15. The largest absolute Gasteiger partial charge is 0.337 e. The van der Waals surface area contributed by atoms with E-state index in [2.05, 4.69) is 22.6 Å². The fourth-order valence-corrected chi connectivity index (χ4v) is 2.82. The van der Waals surface area contributed by atoms with E-state index in [0.717, 1.165) is 38.8 Å². The summed E-state index contributed by atoms with van der Waals surface area (Å²) in [6.07, 6.45) is 3.47. The van der Waals surface area contributed by atoms with E-state index in [1.807, 2.05) is 36.4 Å². The van der Waals surface area contributed by atoms with Gasteiger partial charge in [0.05, 0.1) is 11.4 Å². The van der Waals surface area contributed by atoms with Gasteiger partial charge in [0, 0.05) is 34.0 Å². The van der Waals surface area contributed by atoms with Crippen molar-refractivity contribution in [3.63, 3.8) is 0 Å². The lowest BCUT2D eigenvalue weighted by Crippen LogP contribution is -1.84. The summed E-state index contributed by atoms with van der Waals surface area (Å²) in [4.78, 5) is 13.1. The van der Waals surface area contributed by atoms with Crippen LogP contribution in [0.1, 0.15) is 0 Å². The molecule has 0 atom stereocenters. The Balaban J connectivity index is 1.89. The van der Waals surface area contributed by atoms with E-state index >= 15 is 0 Å². The number of halogens is 1. The number of H-pyrrole nitrogens is 1. The molecule has 0 unspecified atom stereocenters. The van der Waals surface area contributed by atoms with Crippen molar-refractivity contribution >= 4 is 12.6 Å². The standard InChI is InChI=1S/C20H14FN3S/c21-16-5-1-13(2-6-16)18-19(14-9-11-22-12-10-14)24-20(23-18)15-3-7-17(25)8-4-15/h1-12,25H,(H,23,24). The Labute approximate surface area is 150 Å². The molecule has 2 aromatic heterocycles. The number of thiol groups is 1. The van der Waals surface area contributed by atoms with Gasteiger partial charge in [0.1, 0.15) is 11.6 Å². The number of hydrogen-bond acceptors (Lipinski definition) is 3. The van der Waals surface area contributed by atoms with Crippen molar-refractivity contribution in [2.75, 3.05) is 0 Å². The van der Waals surface area contributed by atoms with Crippen LogP contribution in [-0.2, 0) is 0 Å². The summed E-state index contributed by atoms with van der Waals surface area (Å²) in [5.41, 5.74) is 4.43. The van der Waals surface area contributed by atoms with E-state index < -0.39 is 0 Å². The Bertz CT molecular complexity index is 994. The van der Waals surface area contributed by atoms with Gasteiger partial charge in [0.15, 0.2) is 0 Å². The van der Waals surface area contributed by atoms with Gasteiger partial charge in [-0.3, -0.25) is 4.98 Å². The second-order valence-electron chi connectivity index (χ2n) is 5.60. The second-order valence-corrected chi connectivity index (χ2v) is 6.12. The van der Waals surface area contributed by atoms with Crippen molar-refractivity contribution in [3.05, 3.63) is 78.9 Å². The average Bonchev–Trinajstić information content (AvgIpc) is 3.09. The third-order valence-electron chi connectivity index (χ3n) is 3.93. The van der Waals surface area contributed by atoms with Crippen LogP contribution >= 0.6 is 12.6 Å². The van der Waals surface area contributed by atoms with E-state index in [4.69, 9.17) is 4.98 Å². The molecule has 2 aromatic carbocycles. The Morgan fingerprint density at radius 2 is 1.40 bits per heavy atom. The topological polar surface area (TPSA) is 41.6 Å². The van der Waals surface area contributed by atoms with Gasteiger partial charge in [-0.2, -0.15) is 0 Å². The molecule has 0 bridgehead atoms. The van der Waals surface area contributed by atoms with E-state index in [0.29, 0.717) is 0 Å². The quantitative estimate of drug-likeness (QED) is 0.498. The van der Waals surface area contributed by atoms with Crippen LogP contribution in [0.3, 0.4) is 0 Å². The van der Waals surface area contributed by atoms with E-state index in [1.54, 1.807) is 24.5 Å². The molecular formula is C20H14FN3S. The van der Waals surface area contributed by atoms with E-state index in [9.17, 15) is 4.39 Å². The third kappa shape index (κ3) is 3.19. The molecule has 2 heterocycles. The number of benzene rings is 2. The third-order valence-corrected chi connectivity index (χ3v) is 4.23. The fraction of sp³-hybridized carbons (Fsp3) is 0. The van der Waals surface area contributed by atoms with Crippen LogP contribution in [0.25, 0.3) is 33.9 Å². The number of nitrogens with zero attached hydrogens (tertiary/aromatic N) is 2. The van der Waals surface area contributed by atoms with Gasteiger partial charge in [-0.25, -0.2) is 9.37 Å². The molecular weight excluding hydrogens is 333 g/mol. The molecule has 0 aliphatic carbocycles. The molecule has 0 aliphatic heterocycles. The maximum Gasteiger partial charge on any atom is 0.138 e. The first kappa shape index (κ1) is 15.6. The van der Waals surface area contributed by atoms with Crippen LogP contribution in [0.2, 0.25) is 0 Å². The molecule has 0 aliphatic rings. The molecule has 5 heteroatoms. The van der Waals surface area contributed by atoms with Gasteiger partial charge in [0.25, 0.3) is 0 Å². The highest BCUT2D eigenvalue weighted by atomic mass is 32.1. The van der Waals surface area contributed by atoms with Gasteiger partial charge in [-0.15, -0.1) is 12.6 Å². The maximum atomic E-state index is 13.3. The van der Waals surface area contributed by atoms with Crippen LogP contribution in [0, 0.1) is 5.82 Å². The van der Waals surface area contributed by atoms with Gasteiger partial charge < -0.3 is 4.98 Å². The first-order chi connectivity index (χ1) is 12.2. The van der Waals surface area contributed by atoms with Crippen molar-refractivity contribution in [2.24, 2.45) is 0 Å². The van der Waals surface area contributed by atoms with E-state index in [-0.39, 0.29) is 5.82 Å². The minimum absolute atomic E-state index is 0.269. The number of hydrogen-bond donors (Lipinski definition) is 2. The second kappa shape index (κ2) is 6.53. The zero-order valence-corrected chi connectivity index (χ0v) is 14.0. The summed E-state index contributed by atoms with van der Waals surface area (Å²) in [6, 6.07) is 18.0. The maximum absolute atomic E-state index is 13.3. The summed E-state index contributed by atoms with van der Waals surface area (Å²) in [7, 11) is 0. The molecule has 4 aromatic rings. The van der Waals surface area contributed by atoms with Crippen molar-refractivity contribution in [1.29, 1.82) is 0 Å². The molecule has 0 radical (unpaired) electrons. The lowest BCUT2D eigenvalue weighted by Gasteiger charge is -2.02. The lowest BCUT2D eigenvalue weighted by atomic mass is 10.1. The van der Waals surface area contributed by atoms with Crippen molar-refractivity contribution in [2.45, 2.75) is 4.90 Å². The Hall–Kier alpha value is -2.92. The summed E-state index contributed by atoms with van der Waals surface area (Å²) >= 11 is 4.32. The minimum atomic E-state index is -0.269. The highest BCUT2D eigenvalue weighted by molar-refractivity contribution is 7.80. The van der Waals surface area contributed by atoms with Gasteiger partial charge in [0.2, 0.25) is 0 Å². The zero-order chi connectivity index (χ0) is 17.2. The number of aromatic nitrogens is 3. The first-order valence-electron chi connectivity index (χ1n) is 7.76. The van der Waals surface area contributed by atoms with Crippen molar-refractivity contribution < 1.29 is 4.39 Å². The predicted molar refractivity (Wildman–Crippen MR) is 99.9 cm³/mol. The SMILES string of the molecule is Fc1ccc(-c2nc(-c3ccc(S)cc3)[nH]c2-c2ccncc2)cc1. The fourth-order valence-electron chi connectivity index (χ4n) is 2.67. The molecule has 1 N–H and O–H groups in total. The highest BCUT2D eigenvalue weighted by Crippen LogP contribution is 2.33. The number of imidazole rings is 1. The summed E-state index contributed by atoms with van der Waals surface area (Å²) in [5, 5.41) is 0. The summed E-state index contributed by atoms with van der Waals surface area (Å²) in [6.45, 7) is 0. The Morgan fingerprint density at radius 1 is 0.760 bits per heavy atom. The van der Waals surface area contributed by atoms with Gasteiger partial charge in [-0.1, -0.05) is 12.1 Å². The molecule has 0 fully saturated rings. The normalized spacial score (nSPS) is 10.8. The van der Waals surface area contributed by atoms with Gasteiger partial charge in [-0.05, 0) is 48.5 Å². The minimum Gasteiger partial charge on any atom is -0.337 e. The average molecular weight is 347 g/mol. The number of rotatable bonds is 3. The molecule has 122 valence electrons. The van der Waals surface area contributed by atoms with Crippen LogP contribution < -0.4 is 0 Å². The molecule has 0 saturated carbocycles. The smallest absolute Gasteiger partial charge is 0.138 e. The lowest BCUT2D eigenvalue weighted by molar-refractivity contribution is 0.628. The molecule has 0 spiro atoms. The number of nitrogens with one attached hydrogen (secondary N) is 1. The van der Waals surface area contributed by atoms with Crippen LogP contribution in [-0.4, -0.2) is 15.0 Å². The molecule has 0 saturated heterocycles. The molecule has 25 heavy (non-hydrogen) atoms. The van der Waals surface area contributed by atoms with Crippen molar-refractivity contribution in [1.82, 2.24) is 15.0 Å². The Kier molecular flexibility index (Phi) is 4.07. The predicted octanol–water partition coefficient (Wildman–Crippen LogP) is 5.23. The summed E-state index contributed by atoms with van der Waals surface area (Å²) in [5.74, 6) is 0.480. The van der Waals surface area contributed by atoms with E-state index in [1.165, 1.54) is 12.1 Å². The zero-order valence-electron chi connectivity index (χ0n) is 13.1. The van der Waals surface area contributed by atoms with Crippen molar-refractivity contribution in [3.8, 4) is 33.9 Å². The monoisotopic (exact) mass is 347 g/mol. The summed E-state index contributed by atoms with van der Waals surface area (Å²) < 4.78 is 13.3. The Morgan fingerprint density at radius 3 is 2.08 bits per heavy atom. The molecule has 0 amide bonds. The van der Waals surface area contributed by atoms with Crippen LogP contribution in [0.15, 0.2) is 78.0 Å². The van der Waals surface area contributed by atoms with Crippen LogP contribution in [0.5, 0.6) is 0 Å². The number of aromatic amines is 1. The van der Waals surface area contributed by atoms with Crippen LogP contribution in [0.4, 0.5) is 4.39 Å². The molecule has 3 nitrogen and oxygen atoms in total. The molecule has 4 rings (SSSR count). The van der Waals surface area contributed by atoms with Gasteiger partial charge >= 0.3 is 0 Å². The number of pyridine rings is 1.